The second kappa shape index (κ2) is 5.07. The third-order valence-corrected chi connectivity index (χ3v) is 3.43. The van der Waals surface area contributed by atoms with E-state index in [4.69, 9.17) is 11.6 Å². The van der Waals surface area contributed by atoms with E-state index in [1.807, 2.05) is 0 Å². The normalized spacial score (nSPS) is 21.2. The maximum absolute atomic E-state index is 6.33. The third kappa shape index (κ3) is 2.50. The molecule has 88 valence electrons. The van der Waals surface area contributed by atoms with Gasteiger partial charge in [-0.05, 0) is 31.0 Å². The van der Waals surface area contributed by atoms with Crippen molar-refractivity contribution in [2.45, 2.75) is 26.3 Å². The highest BCUT2D eigenvalue weighted by atomic mass is 35.5. The lowest BCUT2D eigenvalue weighted by atomic mass is 10.1. The number of anilines is 1. The van der Waals surface area contributed by atoms with Crippen LogP contribution in [0.1, 0.15) is 19.4 Å². The molecule has 1 heterocycles. The van der Waals surface area contributed by atoms with E-state index in [0.29, 0.717) is 6.04 Å². The highest BCUT2D eigenvalue weighted by molar-refractivity contribution is 6.33. The molecular weight excluding hydrogens is 220 g/mol. The molecule has 0 amide bonds. The molecule has 0 aromatic heterocycles. The molecule has 1 saturated heterocycles. The Morgan fingerprint density at radius 3 is 2.94 bits per heavy atom. The van der Waals surface area contributed by atoms with Crippen LogP contribution >= 0.6 is 11.6 Å². The van der Waals surface area contributed by atoms with Crippen molar-refractivity contribution in [3.63, 3.8) is 0 Å². The van der Waals surface area contributed by atoms with Crippen molar-refractivity contribution >= 4 is 17.3 Å². The van der Waals surface area contributed by atoms with E-state index in [9.17, 15) is 0 Å². The predicted molar refractivity (Wildman–Crippen MR) is 70.5 cm³/mol. The van der Waals surface area contributed by atoms with Crippen LogP contribution in [-0.4, -0.2) is 25.7 Å². The minimum absolute atomic E-state index is 0.538. The summed E-state index contributed by atoms with van der Waals surface area (Å²) in [6.45, 7) is 7.46. The van der Waals surface area contributed by atoms with Crippen LogP contribution in [0.2, 0.25) is 5.02 Å². The van der Waals surface area contributed by atoms with Gasteiger partial charge in [-0.15, -0.1) is 0 Å². The number of hydrogen-bond donors (Lipinski definition) is 1. The average Bonchev–Trinajstić information content (AvgIpc) is 2.28. The van der Waals surface area contributed by atoms with Crippen molar-refractivity contribution in [3.8, 4) is 0 Å². The van der Waals surface area contributed by atoms with Crippen LogP contribution in [0.4, 0.5) is 5.69 Å². The van der Waals surface area contributed by atoms with Crippen LogP contribution in [0, 0.1) is 0 Å². The molecular formula is C13H19ClN2. The fraction of sp³-hybridized carbons (Fsp3) is 0.538. The summed E-state index contributed by atoms with van der Waals surface area (Å²) in [5, 5.41) is 4.32. The van der Waals surface area contributed by atoms with Gasteiger partial charge in [0.2, 0.25) is 0 Å². The van der Waals surface area contributed by atoms with Crippen molar-refractivity contribution in [2.75, 3.05) is 24.5 Å². The summed E-state index contributed by atoms with van der Waals surface area (Å²) < 4.78 is 0. The molecule has 0 bridgehead atoms. The Labute approximate surface area is 103 Å². The molecule has 16 heavy (non-hydrogen) atoms. The first kappa shape index (κ1) is 11.7. The molecule has 1 aliphatic heterocycles. The number of aryl methyl sites for hydroxylation is 1. The summed E-state index contributed by atoms with van der Waals surface area (Å²) in [7, 11) is 0. The maximum atomic E-state index is 6.33. The van der Waals surface area contributed by atoms with E-state index in [1.165, 1.54) is 11.3 Å². The zero-order chi connectivity index (χ0) is 11.5. The second-order valence-electron chi connectivity index (χ2n) is 4.44. The second-order valence-corrected chi connectivity index (χ2v) is 4.85. The predicted octanol–water partition coefficient (Wildman–Crippen LogP) is 2.70. The van der Waals surface area contributed by atoms with E-state index >= 15 is 0 Å². The SMILES string of the molecule is CCc1ccc(N2CCNC(C)C2)c(Cl)c1. The van der Waals surface area contributed by atoms with Crippen LogP contribution < -0.4 is 10.2 Å². The molecule has 1 fully saturated rings. The molecule has 1 aromatic rings. The number of rotatable bonds is 2. The molecule has 0 aliphatic carbocycles. The molecule has 2 nitrogen and oxygen atoms in total. The number of nitrogens with zero attached hydrogens (tertiary/aromatic N) is 1. The first-order valence-corrected chi connectivity index (χ1v) is 6.35. The Balaban J connectivity index is 2.19. The highest BCUT2D eigenvalue weighted by Gasteiger charge is 2.17. The van der Waals surface area contributed by atoms with Crippen LogP contribution in [0.15, 0.2) is 18.2 Å². The van der Waals surface area contributed by atoms with Gasteiger partial charge < -0.3 is 10.2 Å². The van der Waals surface area contributed by atoms with Gasteiger partial charge in [0.15, 0.2) is 0 Å². The summed E-state index contributed by atoms with van der Waals surface area (Å²) in [6.07, 6.45) is 1.04. The summed E-state index contributed by atoms with van der Waals surface area (Å²) in [5.41, 5.74) is 2.48. The van der Waals surface area contributed by atoms with Gasteiger partial charge >= 0.3 is 0 Å². The first-order chi connectivity index (χ1) is 7.70. The van der Waals surface area contributed by atoms with E-state index < -0.39 is 0 Å². The number of hydrogen-bond acceptors (Lipinski definition) is 2. The van der Waals surface area contributed by atoms with Gasteiger partial charge in [0, 0.05) is 25.7 Å². The van der Waals surface area contributed by atoms with Gasteiger partial charge in [0.05, 0.1) is 10.7 Å². The Kier molecular flexibility index (Phi) is 3.72. The van der Waals surface area contributed by atoms with Gasteiger partial charge in [-0.2, -0.15) is 0 Å². The number of benzene rings is 1. The van der Waals surface area contributed by atoms with Crippen molar-refractivity contribution in [1.29, 1.82) is 0 Å². The molecule has 0 saturated carbocycles. The summed E-state index contributed by atoms with van der Waals surface area (Å²) in [5.74, 6) is 0. The number of piperazine rings is 1. The van der Waals surface area contributed by atoms with Crippen molar-refractivity contribution in [1.82, 2.24) is 5.32 Å². The van der Waals surface area contributed by atoms with Crippen molar-refractivity contribution < 1.29 is 0 Å². The van der Waals surface area contributed by atoms with E-state index in [2.05, 4.69) is 42.3 Å². The van der Waals surface area contributed by atoms with Crippen LogP contribution in [0.25, 0.3) is 0 Å². The molecule has 3 heteroatoms. The number of halogens is 1. The first-order valence-electron chi connectivity index (χ1n) is 5.97. The lowest BCUT2D eigenvalue weighted by molar-refractivity contribution is 0.485. The Bertz CT molecular complexity index is 365. The van der Waals surface area contributed by atoms with Crippen LogP contribution in [-0.2, 0) is 6.42 Å². The maximum Gasteiger partial charge on any atom is 0.0642 e. The Morgan fingerprint density at radius 1 is 1.50 bits per heavy atom. The molecule has 1 N–H and O–H groups in total. The summed E-state index contributed by atoms with van der Waals surface area (Å²) >= 11 is 6.33. The lowest BCUT2D eigenvalue weighted by Crippen LogP contribution is -2.49. The minimum Gasteiger partial charge on any atom is -0.368 e. The summed E-state index contributed by atoms with van der Waals surface area (Å²) in [6, 6.07) is 6.95. The van der Waals surface area contributed by atoms with E-state index in [1.54, 1.807) is 0 Å². The van der Waals surface area contributed by atoms with Crippen LogP contribution in [0.3, 0.4) is 0 Å². The molecule has 0 radical (unpaired) electrons. The molecule has 1 aromatic carbocycles. The summed E-state index contributed by atoms with van der Waals surface area (Å²) in [4.78, 5) is 2.36. The van der Waals surface area contributed by atoms with E-state index in [0.717, 1.165) is 31.1 Å². The van der Waals surface area contributed by atoms with Gasteiger partial charge in [-0.1, -0.05) is 24.6 Å². The quantitative estimate of drug-likeness (QED) is 0.853. The zero-order valence-electron chi connectivity index (χ0n) is 9.96. The fourth-order valence-electron chi connectivity index (χ4n) is 2.18. The fourth-order valence-corrected chi connectivity index (χ4v) is 2.50. The highest BCUT2D eigenvalue weighted by Crippen LogP contribution is 2.27. The van der Waals surface area contributed by atoms with Crippen molar-refractivity contribution in [3.05, 3.63) is 28.8 Å². The smallest absolute Gasteiger partial charge is 0.0642 e. The third-order valence-electron chi connectivity index (χ3n) is 3.13. The molecule has 2 rings (SSSR count). The topological polar surface area (TPSA) is 15.3 Å². The van der Waals surface area contributed by atoms with Crippen molar-refractivity contribution in [2.24, 2.45) is 0 Å². The van der Waals surface area contributed by atoms with Gasteiger partial charge in [-0.3, -0.25) is 0 Å². The van der Waals surface area contributed by atoms with E-state index in [-0.39, 0.29) is 0 Å². The number of nitrogens with one attached hydrogen (secondary N) is 1. The lowest BCUT2D eigenvalue weighted by Gasteiger charge is -2.34. The minimum atomic E-state index is 0.538. The molecule has 0 spiro atoms. The molecule has 1 aliphatic rings. The van der Waals surface area contributed by atoms with Gasteiger partial charge in [0.1, 0.15) is 0 Å². The monoisotopic (exact) mass is 238 g/mol. The molecule has 1 atom stereocenters. The Hall–Kier alpha value is -0.730. The Morgan fingerprint density at radius 2 is 2.31 bits per heavy atom. The van der Waals surface area contributed by atoms with Crippen LogP contribution in [0.5, 0.6) is 0 Å². The largest absolute Gasteiger partial charge is 0.368 e. The van der Waals surface area contributed by atoms with Gasteiger partial charge in [-0.25, -0.2) is 0 Å². The zero-order valence-corrected chi connectivity index (χ0v) is 10.7. The molecule has 1 unspecified atom stereocenters. The average molecular weight is 239 g/mol. The van der Waals surface area contributed by atoms with Gasteiger partial charge in [0.25, 0.3) is 0 Å². The standard InChI is InChI=1S/C13H19ClN2/c1-3-11-4-5-13(12(14)8-11)16-7-6-15-10(2)9-16/h4-5,8,10,15H,3,6-7,9H2,1-2H3.